The largest absolute Gasteiger partial charge is 0.270 e. The molecule has 6 heteroatoms. The van der Waals surface area contributed by atoms with Crippen molar-refractivity contribution in [2.45, 2.75) is 5.16 Å². The summed E-state index contributed by atoms with van der Waals surface area (Å²) in [4.78, 5) is 0. The molecule has 0 N–H and O–H groups in total. The number of aromatic nitrogens is 3. The zero-order chi connectivity index (χ0) is 16.2. The lowest BCUT2D eigenvalue weighted by atomic mass is 10.2. The van der Waals surface area contributed by atoms with Crippen molar-refractivity contribution in [2.75, 3.05) is 5.75 Å². The van der Waals surface area contributed by atoms with Crippen molar-refractivity contribution >= 4 is 23.4 Å². The molecule has 0 saturated heterocycles. The van der Waals surface area contributed by atoms with E-state index in [1.165, 1.54) is 23.9 Å². The summed E-state index contributed by atoms with van der Waals surface area (Å²) < 4.78 is 15.1. The average Bonchev–Trinajstić information content (AvgIpc) is 2.98. The Bertz CT molecular complexity index is 813. The SMILES string of the molecule is C=CCSc1nnc(-c2ccc(Cl)cc2)n1-c1ccc(F)cc1. The van der Waals surface area contributed by atoms with Crippen LogP contribution in [-0.4, -0.2) is 20.5 Å². The van der Waals surface area contributed by atoms with E-state index in [-0.39, 0.29) is 5.82 Å². The molecule has 0 spiro atoms. The molecular formula is C17H13ClFN3S. The first-order valence-corrected chi connectivity index (χ1v) is 8.26. The van der Waals surface area contributed by atoms with Crippen LogP contribution in [0.5, 0.6) is 0 Å². The van der Waals surface area contributed by atoms with Crippen molar-refractivity contribution in [1.82, 2.24) is 14.8 Å². The molecule has 0 bridgehead atoms. The molecule has 0 atom stereocenters. The van der Waals surface area contributed by atoms with Gasteiger partial charge < -0.3 is 0 Å². The summed E-state index contributed by atoms with van der Waals surface area (Å²) in [6, 6.07) is 13.6. The summed E-state index contributed by atoms with van der Waals surface area (Å²) in [5.41, 5.74) is 1.68. The second-order valence-corrected chi connectivity index (χ2v) is 6.15. The highest BCUT2D eigenvalue weighted by Gasteiger charge is 2.15. The van der Waals surface area contributed by atoms with Gasteiger partial charge in [-0.2, -0.15) is 0 Å². The van der Waals surface area contributed by atoms with Gasteiger partial charge in [0.25, 0.3) is 0 Å². The van der Waals surface area contributed by atoms with E-state index in [4.69, 9.17) is 11.6 Å². The predicted molar refractivity (Wildman–Crippen MR) is 92.7 cm³/mol. The fourth-order valence-electron chi connectivity index (χ4n) is 2.11. The van der Waals surface area contributed by atoms with Crippen LogP contribution in [0.1, 0.15) is 0 Å². The molecule has 0 radical (unpaired) electrons. The molecule has 116 valence electrons. The molecule has 0 saturated carbocycles. The van der Waals surface area contributed by atoms with Gasteiger partial charge in [0.05, 0.1) is 0 Å². The van der Waals surface area contributed by atoms with Crippen LogP contribution in [0, 0.1) is 5.82 Å². The highest BCUT2D eigenvalue weighted by molar-refractivity contribution is 7.99. The molecule has 0 aliphatic carbocycles. The highest BCUT2D eigenvalue weighted by atomic mass is 35.5. The van der Waals surface area contributed by atoms with Crippen LogP contribution in [-0.2, 0) is 0 Å². The van der Waals surface area contributed by atoms with Gasteiger partial charge >= 0.3 is 0 Å². The molecule has 0 unspecified atom stereocenters. The lowest BCUT2D eigenvalue weighted by Crippen LogP contribution is -2.00. The first-order valence-electron chi connectivity index (χ1n) is 6.90. The van der Waals surface area contributed by atoms with E-state index < -0.39 is 0 Å². The van der Waals surface area contributed by atoms with E-state index in [0.29, 0.717) is 16.6 Å². The van der Waals surface area contributed by atoms with Gasteiger partial charge in [0.2, 0.25) is 0 Å². The maximum atomic E-state index is 13.2. The molecule has 1 aromatic heterocycles. The first-order chi connectivity index (χ1) is 11.2. The molecule has 3 nitrogen and oxygen atoms in total. The van der Waals surface area contributed by atoms with E-state index in [2.05, 4.69) is 16.8 Å². The maximum absolute atomic E-state index is 13.2. The molecule has 3 rings (SSSR count). The summed E-state index contributed by atoms with van der Waals surface area (Å²) in [7, 11) is 0. The zero-order valence-electron chi connectivity index (χ0n) is 12.1. The Kier molecular flexibility index (Phi) is 4.79. The van der Waals surface area contributed by atoms with Crippen molar-refractivity contribution in [3.05, 3.63) is 72.0 Å². The minimum absolute atomic E-state index is 0.282. The summed E-state index contributed by atoms with van der Waals surface area (Å²) in [6.45, 7) is 3.72. The van der Waals surface area contributed by atoms with Gasteiger partial charge in [-0.05, 0) is 48.5 Å². The Morgan fingerprint density at radius 2 is 1.78 bits per heavy atom. The van der Waals surface area contributed by atoms with Crippen LogP contribution < -0.4 is 0 Å². The molecule has 1 heterocycles. The smallest absolute Gasteiger partial charge is 0.196 e. The number of rotatable bonds is 5. The summed E-state index contributed by atoms with van der Waals surface area (Å²) in [5, 5.41) is 9.92. The topological polar surface area (TPSA) is 30.7 Å². The van der Waals surface area contributed by atoms with Crippen LogP contribution in [0.3, 0.4) is 0 Å². The molecular weight excluding hydrogens is 333 g/mol. The third-order valence-corrected chi connectivity index (χ3v) is 4.33. The number of nitrogens with zero attached hydrogens (tertiary/aromatic N) is 3. The quantitative estimate of drug-likeness (QED) is 0.481. The van der Waals surface area contributed by atoms with Crippen LogP contribution in [0.25, 0.3) is 17.1 Å². The fraction of sp³-hybridized carbons (Fsp3) is 0.0588. The third-order valence-electron chi connectivity index (χ3n) is 3.15. The highest BCUT2D eigenvalue weighted by Crippen LogP contribution is 2.28. The van der Waals surface area contributed by atoms with Crippen LogP contribution in [0.4, 0.5) is 4.39 Å². The predicted octanol–water partition coefficient (Wildman–Crippen LogP) is 5.00. The standard InChI is InChI=1S/C17H13ClFN3S/c1-2-11-23-17-21-20-16(12-3-5-13(18)6-4-12)22(17)15-9-7-14(19)8-10-15/h2-10H,1,11H2. The Morgan fingerprint density at radius 1 is 1.09 bits per heavy atom. The van der Waals surface area contributed by atoms with Crippen LogP contribution >= 0.6 is 23.4 Å². The Morgan fingerprint density at radius 3 is 2.43 bits per heavy atom. The summed E-state index contributed by atoms with van der Waals surface area (Å²) in [5.74, 6) is 1.11. The van der Waals surface area contributed by atoms with Crippen molar-refractivity contribution in [3.63, 3.8) is 0 Å². The van der Waals surface area contributed by atoms with Crippen molar-refractivity contribution in [3.8, 4) is 17.1 Å². The summed E-state index contributed by atoms with van der Waals surface area (Å²) >= 11 is 7.46. The number of halogens is 2. The van der Waals surface area contributed by atoms with Gasteiger partial charge in [-0.15, -0.1) is 16.8 Å². The fourth-order valence-corrected chi connectivity index (χ4v) is 2.92. The number of benzene rings is 2. The van der Waals surface area contributed by atoms with Gasteiger partial charge in [-0.3, -0.25) is 4.57 Å². The second kappa shape index (κ2) is 6.98. The minimum atomic E-state index is -0.282. The molecule has 0 amide bonds. The van der Waals surface area contributed by atoms with Gasteiger partial charge in [0.1, 0.15) is 5.82 Å². The first kappa shape index (κ1) is 15.8. The lowest BCUT2D eigenvalue weighted by molar-refractivity contribution is 0.627. The summed E-state index contributed by atoms with van der Waals surface area (Å²) in [6.07, 6.45) is 1.80. The molecule has 0 aliphatic rings. The van der Waals surface area contributed by atoms with Crippen molar-refractivity contribution in [1.29, 1.82) is 0 Å². The minimum Gasteiger partial charge on any atom is -0.270 e. The maximum Gasteiger partial charge on any atom is 0.196 e. The molecule has 0 fully saturated rings. The third kappa shape index (κ3) is 3.46. The normalized spacial score (nSPS) is 10.7. The molecule has 0 aliphatic heterocycles. The second-order valence-electron chi connectivity index (χ2n) is 4.72. The van der Waals surface area contributed by atoms with Crippen molar-refractivity contribution in [2.24, 2.45) is 0 Å². The van der Waals surface area contributed by atoms with Crippen LogP contribution in [0.15, 0.2) is 66.3 Å². The van der Waals surface area contributed by atoms with E-state index in [0.717, 1.165) is 16.4 Å². The Balaban J connectivity index is 2.12. The van der Waals surface area contributed by atoms with Crippen LogP contribution in [0.2, 0.25) is 5.02 Å². The number of thioether (sulfide) groups is 1. The van der Waals surface area contributed by atoms with E-state index in [1.807, 2.05) is 16.7 Å². The van der Waals surface area contributed by atoms with E-state index in [9.17, 15) is 4.39 Å². The van der Waals surface area contributed by atoms with Gasteiger partial charge in [0.15, 0.2) is 11.0 Å². The van der Waals surface area contributed by atoms with Gasteiger partial charge in [0, 0.05) is 22.0 Å². The molecule has 3 aromatic rings. The molecule has 23 heavy (non-hydrogen) atoms. The molecule has 2 aromatic carbocycles. The van der Waals surface area contributed by atoms with E-state index >= 15 is 0 Å². The lowest BCUT2D eigenvalue weighted by Gasteiger charge is -2.10. The van der Waals surface area contributed by atoms with Gasteiger partial charge in [-0.25, -0.2) is 4.39 Å². The number of hydrogen-bond donors (Lipinski definition) is 0. The average molecular weight is 346 g/mol. The Labute approximate surface area is 142 Å². The Hall–Kier alpha value is -2.11. The monoisotopic (exact) mass is 345 g/mol. The van der Waals surface area contributed by atoms with E-state index in [1.54, 1.807) is 30.3 Å². The number of hydrogen-bond acceptors (Lipinski definition) is 3. The van der Waals surface area contributed by atoms with Crippen molar-refractivity contribution < 1.29 is 4.39 Å². The zero-order valence-corrected chi connectivity index (χ0v) is 13.7. The van der Waals surface area contributed by atoms with Gasteiger partial charge in [-0.1, -0.05) is 29.4 Å².